The van der Waals surface area contributed by atoms with Crippen LogP contribution < -0.4 is 0 Å². The molecule has 0 bridgehead atoms. The molecule has 22 heavy (non-hydrogen) atoms. The molecular formula is C15H20N4O3. The molecule has 1 saturated heterocycles. The van der Waals surface area contributed by atoms with Gasteiger partial charge in [-0.2, -0.15) is 5.10 Å². The molecule has 2 aromatic heterocycles. The Hall–Kier alpha value is -2.15. The number of rotatable bonds is 5. The van der Waals surface area contributed by atoms with Gasteiger partial charge in [0.25, 0.3) is 5.91 Å². The second kappa shape index (κ2) is 6.31. The lowest BCUT2D eigenvalue weighted by molar-refractivity contribution is 0.0548. The molecular weight excluding hydrogens is 284 g/mol. The van der Waals surface area contributed by atoms with Crippen molar-refractivity contribution in [3.05, 3.63) is 35.8 Å². The van der Waals surface area contributed by atoms with Crippen LogP contribution in [-0.2, 0) is 11.2 Å². The number of H-pyrrole nitrogens is 1. The van der Waals surface area contributed by atoms with Crippen molar-refractivity contribution in [2.24, 2.45) is 0 Å². The van der Waals surface area contributed by atoms with Gasteiger partial charge < -0.3 is 14.1 Å². The van der Waals surface area contributed by atoms with Gasteiger partial charge in [-0.25, -0.2) is 4.98 Å². The number of ether oxygens (including phenoxy) is 1. The highest BCUT2D eigenvalue weighted by molar-refractivity contribution is 5.95. The van der Waals surface area contributed by atoms with Gasteiger partial charge in [-0.3, -0.25) is 9.89 Å². The summed E-state index contributed by atoms with van der Waals surface area (Å²) in [6.45, 7) is 3.15. The first-order valence-corrected chi connectivity index (χ1v) is 7.49. The molecule has 7 heteroatoms. The van der Waals surface area contributed by atoms with E-state index in [1.807, 2.05) is 6.92 Å². The molecule has 3 heterocycles. The number of amides is 1. The maximum atomic E-state index is 12.5. The number of aromatic nitrogens is 3. The summed E-state index contributed by atoms with van der Waals surface area (Å²) in [5.74, 6) is 1.64. The molecule has 1 N–H and O–H groups in total. The van der Waals surface area contributed by atoms with Crippen LogP contribution in [0.3, 0.4) is 0 Å². The van der Waals surface area contributed by atoms with E-state index in [1.165, 1.54) is 6.33 Å². The number of hydrogen-bond acceptors (Lipinski definition) is 5. The van der Waals surface area contributed by atoms with Crippen LogP contribution in [0, 0.1) is 0 Å². The predicted molar refractivity (Wildman–Crippen MR) is 78.5 cm³/mol. The van der Waals surface area contributed by atoms with Crippen molar-refractivity contribution in [3.63, 3.8) is 0 Å². The minimum absolute atomic E-state index is 0.0441. The molecule has 1 aliphatic heterocycles. The fraction of sp³-hybridized carbons (Fsp3) is 0.533. The molecule has 1 amide bonds. The number of carbonyl (C=O) groups is 1. The van der Waals surface area contributed by atoms with Crippen LogP contribution in [-0.4, -0.2) is 52.3 Å². The Morgan fingerprint density at radius 2 is 2.41 bits per heavy atom. The first-order valence-electron chi connectivity index (χ1n) is 7.49. The predicted octanol–water partition coefficient (Wildman–Crippen LogP) is 1.60. The summed E-state index contributed by atoms with van der Waals surface area (Å²) >= 11 is 0. The van der Waals surface area contributed by atoms with Gasteiger partial charge in [-0.1, -0.05) is 6.92 Å². The fourth-order valence-corrected chi connectivity index (χ4v) is 2.90. The number of nitrogens with one attached hydrogen (secondary N) is 1. The number of nitrogens with zero attached hydrogens (tertiary/aromatic N) is 3. The Balaban J connectivity index is 1.68. The third-order valence-corrected chi connectivity index (χ3v) is 4.09. The van der Waals surface area contributed by atoms with Gasteiger partial charge in [0, 0.05) is 32.5 Å². The second-order valence-corrected chi connectivity index (χ2v) is 5.47. The monoisotopic (exact) mass is 304 g/mol. The van der Waals surface area contributed by atoms with Crippen molar-refractivity contribution in [2.75, 3.05) is 20.2 Å². The standard InChI is InChI=1S/C15H20N4O3/c1-3-12-11(5-7-21-12)15(20)19(2)8-13-10(4-6-22-13)14-16-9-17-18-14/h5,7,9-10,13H,3-4,6,8H2,1-2H3,(H,16,17,18)/t10-,13-/m1/s1. The van der Waals surface area contributed by atoms with E-state index in [0.29, 0.717) is 25.1 Å². The van der Waals surface area contributed by atoms with Crippen molar-refractivity contribution in [2.45, 2.75) is 31.8 Å². The summed E-state index contributed by atoms with van der Waals surface area (Å²) in [5.41, 5.74) is 0.624. The zero-order valence-corrected chi connectivity index (χ0v) is 12.8. The van der Waals surface area contributed by atoms with E-state index < -0.39 is 0 Å². The third-order valence-electron chi connectivity index (χ3n) is 4.09. The first-order chi connectivity index (χ1) is 10.7. The number of hydrogen-bond donors (Lipinski definition) is 1. The Kier molecular flexibility index (Phi) is 4.24. The summed E-state index contributed by atoms with van der Waals surface area (Å²) in [4.78, 5) is 18.4. The van der Waals surface area contributed by atoms with E-state index in [1.54, 1.807) is 24.3 Å². The molecule has 3 rings (SSSR count). The van der Waals surface area contributed by atoms with Crippen LogP contribution in [0.4, 0.5) is 0 Å². The number of likely N-dealkylation sites (N-methyl/N-ethyl adjacent to an activating group) is 1. The van der Waals surface area contributed by atoms with Gasteiger partial charge in [0.2, 0.25) is 0 Å². The van der Waals surface area contributed by atoms with E-state index in [-0.39, 0.29) is 17.9 Å². The summed E-state index contributed by atoms with van der Waals surface area (Å²) in [6.07, 6.45) is 4.57. The molecule has 0 radical (unpaired) electrons. The maximum absolute atomic E-state index is 12.5. The van der Waals surface area contributed by atoms with Crippen LogP contribution in [0.25, 0.3) is 0 Å². The van der Waals surface area contributed by atoms with Crippen LogP contribution in [0.15, 0.2) is 23.1 Å². The van der Waals surface area contributed by atoms with Gasteiger partial charge in [0.1, 0.15) is 17.9 Å². The van der Waals surface area contributed by atoms with Crippen molar-refractivity contribution in [3.8, 4) is 0 Å². The lowest BCUT2D eigenvalue weighted by Gasteiger charge is -2.23. The maximum Gasteiger partial charge on any atom is 0.257 e. The van der Waals surface area contributed by atoms with Crippen LogP contribution >= 0.6 is 0 Å². The quantitative estimate of drug-likeness (QED) is 0.907. The van der Waals surface area contributed by atoms with Gasteiger partial charge in [0.15, 0.2) is 0 Å². The van der Waals surface area contributed by atoms with E-state index in [4.69, 9.17) is 9.15 Å². The van der Waals surface area contributed by atoms with E-state index in [2.05, 4.69) is 15.2 Å². The number of aromatic amines is 1. The normalized spacial score (nSPS) is 21.2. The Morgan fingerprint density at radius 3 is 3.14 bits per heavy atom. The number of furan rings is 1. The van der Waals surface area contributed by atoms with Crippen molar-refractivity contribution in [1.82, 2.24) is 20.1 Å². The number of aryl methyl sites for hydroxylation is 1. The summed E-state index contributed by atoms with van der Waals surface area (Å²) in [6, 6.07) is 1.72. The highest BCUT2D eigenvalue weighted by atomic mass is 16.5. The molecule has 0 aliphatic carbocycles. The minimum atomic E-state index is -0.0705. The Morgan fingerprint density at radius 1 is 1.55 bits per heavy atom. The molecule has 0 saturated carbocycles. The van der Waals surface area contributed by atoms with E-state index in [9.17, 15) is 4.79 Å². The van der Waals surface area contributed by atoms with Crippen LogP contribution in [0.5, 0.6) is 0 Å². The molecule has 0 spiro atoms. The van der Waals surface area contributed by atoms with Crippen molar-refractivity contribution < 1.29 is 13.9 Å². The highest BCUT2D eigenvalue weighted by Crippen LogP contribution is 2.29. The average molecular weight is 304 g/mol. The third kappa shape index (κ3) is 2.76. The summed E-state index contributed by atoms with van der Waals surface area (Å²) in [7, 11) is 1.79. The smallest absolute Gasteiger partial charge is 0.257 e. The molecule has 118 valence electrons. The van der Waals surface area contributed by atoms with Gasteiger partial charge >= 0.3 is 0 Å². The molecule has 0 aromatic carbocycles. The van der Waals surface area contributed by atoms with Crippen molar-refractivity contribution >= 4 is 5.91 Å². The second-order valence-electron chi connectivity index (χ2n) is 5.47. The van der Waals surface area contributed by atoms with Gasteiger partial charge in [-0.05, 0) is 12.5 Å². The summed E-state index contributed by atoms with van der Waals surface area (Å²) < 4.78 is 11.1. The molecule has 2 atom stereocenters. The largest absolute Gasteiger partial charge is 0.469 e. The highest BCUT2D eigenvalue weighted by Gasteiger charge is 2.33. The van der Waals surface area contributed by atoms with E-state index >= 15 is 0 Å². The lowest BCUT2D eigenvalue weighted by atomic mass is 10.0. The van der Waals surface area contributed by atoms with Gasteiger partial charge in [-0.15, -0.1) is 0 Å². The average Bonchev–Trinajstić information content (AvgIpc) is 3.26. The number of carbonyl (C=O) groups excluding carboxylic acids is 1. The topological polar surface area (TPSA) is 84.2 Å². The van der Waals surface area contributed by atoms with Crippen LogP contribution in [0.1, 0.15) is 41.2 Å². The minimum Gasteiger partial charge on any atom is -0.469 e. The SMILES string of the molecule is CCc1occc1C(=O)N(C)C[C@H]1OCC[C@H]1c1ncn[nH]1. The van der Waals surface area contributed by atoms with E-state index in [0.717, 1.165) is 18.0 Å². The zero-order chi connectivity index (χ0) is 15.5. The zero-order valence-electron chi connectivity index (χ0n) is 12.8. The fourth-order valence-electron chi connectivity index (χ4n) is 2.90. The molecule has 1 aliphatic rings. The molecule has 7 nitrogen and oxygen atoms in total. The first kappa shape index (κ1) is 14.8. The van der Waals surface area contributed by atoms with Crippen molar-refractivity contribution in [1.29, 1.82) is 0 Å². The molecule has 2 aromatic rings. The Labute approximate surface area is 128 Å². The lowest BCUT2D eigenvalue weighted by Crippen LogP contribution is -2.36. The summed E-state index contributed by atoms with van der Waals surface area (Å²) in [5, 5.41) is 6.79. The molecule has 1 fully saturated rings. The van der Waals surface area contributed by atoms with Gasteiger partial charge in [0.05, 0.1) is 17.9 Å². The molecule has 0 unspecified atom stereocenters. The Bertz CT molecular complexity index is 623. The van der Waals surface area contributed by atoms with Crippen LogP contribution in [0.2, 0.25) is 0 Å².